The maximum atomic E-state index is 13.2. The monoisotopic (exact) mass is 422 g/mol. The Morgan fingerprint density at radius 1 is 1.04 bits per heavy atom. The number of hydrogen-bond acceptors (Lipinski definition) is 4. The number of halogens is 2. The van der Waals surface area contributed by atoms with E-state index >= 15 is 0 Å². The fraction of sp³-hybridized carbons (Fsp3) is 0.429. The molecule has 1 amide bonds. The summed E-state index contributed by atoms with van der Waals surface area (Å²) in [6.45, 7) is 1.91. The number of amides is 1. The van der Waals surface area contributed by atoms with Crippen LogP contribution >= 0.6 is 24.8 Å². The van der Waals surface area contributed by atoms with Gasteiger partial charge in [-0.1, -0.05) is 12.1 Å². The lowest BCUT2D eigenvalue weighted by Crippen LogP contribution is -2.42. The predicted octanol–water partition coefficient (Wildman–Crippen LogP) is 3.62. The van der Waals surface area contributed by atoms with Gasteiger partial charge >= 0.3 is 0 Å². The highest BCUT2D eigenvalue weighted by Crippen LogP contribution is 2.30. The van der Waals surface area contributed by atoms with Crippen LogP contribution in [0.1, 0.15) is 29.6 Å². The van der Waals surface area contributed by atoms with Crippen molar-refractivity contribution >= 4 is 36.4 Å². The summed E-state index contributed by atoms with van der Waals surface area (Å²) in [4.78, 5) is 21.7. The molecule has 2 fully saturated rings. The maximum absolute atomic E-state index is 13.2. The van der Waals surface area contributed by atoms with E-state index in [-0.39, 0.29) is 30.7 Å². The van der Waals surface area contributed by atoms with Gasteiger partial charge < -0.3 is 15.1 Å². The molecule has 2 aliphatic heterocycles. The Hall–Kier alpha value is -1.82. The Bertz CT molecular complexity index is 783. The topological polar surface area (TPSA) is 48.5 Å². The molecule has 7 heteroatoms. The van der Waals surface area contributed by atoms with E-state index in [4.69, 9.17) is 0 Å². The van der Waals surface area contributed by atoms with Gasteiger partial charge in [-0.25, -0.2) is 0 Å². The van der Waals surface area contributed by atoms with Crippen molar-refractivity contribution in [1.29, 1.82) is 0 Å². The number of rotatable bonds is 3. The molecule has 1 aromatic carbocycles. The maximum Gasteiger partial charge on any atom is 0.255 e. The summed E-state index contributed by atoms with van der Waals surface area (Å²) >= 11 is 0. The number of carbonyl (C=O) groups is 1. The summed E-state index contributed by atoms with van der Waals surface area (Å²) < 4.78 is 0. The first kappa shape index (κ1) is 22.5. The molecule has 0 radical (unpaired) electrons. The second-order valence-electron chi connectivity index (χ2n) is 7.49. The second-order valence-corrected chi connectivity index (χ2v) is 7.49. The zero-order chi connectivity index (χ0) is 18.1. The minimum atomic E-state index is 0. The Balaban J connectivity index is 0.00000140. The molecule has 4 rings (SSSR count). The minimum absolute atomic E-state index is 0. The van der Waals surface area contributed by atoms with Crippen LogP contribution in [0.5, 0.6) is 0 Å². The van der Waals surface area contributed by atoms with Crippen molar-refractivity contribution in [2.75, 3.05) is 32.1 Å². The molecule has 2 atom stereocenters. The van der Waals surface area contributed by atoms with Crippen molar-refractivity contribution in [2.45, 2.75) is 31.3 Å². The van der Waals surface area contributed by atoms with Gasteiger partial charge in [-0.3, -0.25) is 9.78 Å². The van der Waals surface area contributed by atoms with Gasteiger partial charge in [-0.2, -0.15) is 0 Å². The zero-order valence-corrected chi connectivity index (χ0v) is 17.9. The van der Waals surface area contributed by atoms with Crippen LogP contribution in [0.3, 0.4) is 0 Å². The second kappa shape index (κ2) is 9.59. The van der Waals surface area contributed by atoms with Crippen LogP contribution in [-0.2, 0) is 0 Å². The van der Waals surface area contributed by atoms with E-state index in [9.17, 15) is 4.79 Å². The van der Waals surface area contributed by atoms with Crippen LogP contribution in [0.2, 0.25) is 0 Å². The van der Waals surface area contributed by atoms with Gasteiger partial charge in [0.2, 0.25) is 0 Å². The highest BCUT2D eigenvalue weighted by atomic mass is 35.5. The predicted molar refractivity (Wildman–Crippen MR) is 119 cm³/mol. The third kappa shape index (κ3) is 4.43. The Kier molecular flexibility index (Phi) is 7.70. The molecule has 1 N–H and O–H groups in total. The third-order valence-electron chi connectivity index (χ3n) is 5.59. The fourth-order valence-electron chi connectivity index (χ4n) is 4.13. The number of hydrogen-bond donors (Lipinski definition) is 1. The first-order valence-electron chi connectivity index (χ1n) is 9.39. The van der Waals surface area contributed by atoms with E-state index in [2.05, 4.69) is 44.4 Å². The normalized spacial score (nSPS) is 20.6. The van der Waals surface area contributed by atoms with E-state index in [1.165, 1.54) is 0 Å². The standard InChI is InChI=1S/C21H26N4O.2ClH/c1-24(2)18-5-3-15(4-6-18)16-11-17(13-23-12-16)21(26)25-19-7-8-20(25)14-22-10-9-19;;/h3-6,11-13,19-20,22H,7-10,14H2,1-2H3;2*1H. The average Bonchev–Trinajstić information content (AvgIpc) is 2.94. The van der Waals surface area contributed by atoms with Gasteiger partial charge in [0, 0.05) is 56.4 Å². The molecule has 2 aliphatic rings. The number of aromatic nitrogens is 1. The highest BCUT2D eigenvalue weighted by Gasteiger charge is 2.38. The lowest BCUT2D eigenvalue weighted by molar-refractivity contribution is 0.0680. The van der Waals surface area contributed by atoms with Gasteiger partial charge in [0.25, 0.3) is 5.91 Å². The summed E-state index contributed by atoms with van der Waals surface area (Å²) in [5, 5.41) is 3.45. The molecular weight excluding hydrogens is 395 g/mol. The van der Waals surface area contributed by atoms with Crippen LogP contribution in [-0.4, -0.2) is 55.1 Å². The summed E-state index contributed by atoms with van der Waals surface area (Å²) in [6, 6.07) is 11.0. The number of carbonyl (C=O) groups excluding carboxylic acids is 1. The van der Waals surface area contributed by atoms with E-state index in [0.717, 1.165) is 49.2 Å². The highest BCUT2D eigenvalue weighted by molar-refractivity contribution is 5.95. The molecule has 152 valence electrons. The van der Waals surface area contributed by atoms with E-state index in [1.54, 1.807) is 6.20 Å². The zero-order valence-electron chi connectivity index (χ0n) is 16.3. The minimum Gasteiger partial charge on any atom is -0.378 e. The molecule has 5 nitrogen and oxygen atoms in total. The van der Waals surface area contributed by atoms with E-state index < -0.39 is 0 Å². The Morgan fingerprint density at radius 3 is 2.46 bits per heavy atom. The average molecular weight is 423 g/mol. The number of fused-ring (bicyclic) bond motifs is 2. The largest absolute Gasteiger partial charge is 0.378 e. The van der Waals surface area contributed by atoms with E-state index in [0.29, 0.717) is 17.6 Å². The van der Waals surface area contributed by atoms with Gasteiger partial charge in [-0.15, -0.1) is 24.8 Å². The molecule has 0 saturated carbocycles. The first-order chi connectivity index (χ1) is 12.6. The van der Waals surface area contributed by atoms with Crippen molar-refractivity contribution in [3.05, 3.63) is 48.3 Å². The lowest BCUT2D eigenvalue weighted by atomic mass is 10.0. The van der Waals surface area contributed by atoms with Crippen LogP contribution in [0.25, 0.3) is 11.1 Å². The molecule has 3 heterocycles. The summed E-state index contributed by atoms with van der Waals surface area (Å²) in [7, 11) is 4.06. The molecule has 2 aromatic rings. The van der Waals surface area contributed by atoms with Crippen molar-refractivity contribution in [2.24, 2.45) is 0 Å². The van der Waals surface area contributed by atoms with Crippen LogP contribution in [0.15, 0.2) is 42.7 Å². The molecule has 1 aromatic heterocycles. The quantitative estimate of drug-likeness (QED) is 0.820. The molecule has 2 saturated heterocycles. The van der Waals surface area contributed by atoms with Crippen LogP contribution in [0.4, 0.5) is 5.69 Å². The smallest absolute Gasteiger partial charge is 0.255 e. The van der Waals surface area contributed by atoms with Crippen LogP contribution < -0.4 is 10.2 Å². The molecule has 0 spiro atoms. The van der Waals surface area contributed by atoms with Crippen molar-refractivity contribution in [3.63, 3.8) is 0 Å². The van der Waals surface area contributed by atoms with Gasteiger partial charge in [0.05, 0.1) is 5.56 Å². The molecular formula is C21H28Cl2N4O. The summed E-state index contributed by atoms with van der Waals surface area (Å²) in [5.41, 5.74) is 3.92. The number of pyridine rings is 1. The van der Waals surface area contributed by atoms with Crippen molar-refractivity contribution in [1.82, 2.24) is 15.2 Å². The van der Waals surface area contributed by atoms with Crippen LogP contribution in [0, 0.1) is 0 Å². The molecule has 2 bridgehead atoms. The first-order valence-corrected chi connectivity index (χ1v) is 9.39. The summed E-state index contributed by atoms with van der Waals surface area (Å²) in [6.07, 6.45) is 6.80. The van der Waals surface area contributed by atoms with Crippen molar-refractivity contribution in [3.8, 4) is 11.1 Å². The summed E-state index contributed by atoms with van der Waals surface area (Å²) in [5.74, 6) is 0.125. The van der Waals surface area contributed by atoms with Gasteiger partial charge in [-0.05, 0) is 49.6 Å². The SMILES string of the molecule is CN(C)c1ccc(-c2cncc(C(=O)N3C4CCNCC3CC4)c2)cc1.Cl.Cl. The number of benzene rings is 1. The van der Waals surface area contributed by atoms with Gasteiger partial charge in [0.15, 0.2) is 0 Å². The molecule has 2 unspecified atom stereocenters. The number of nitrogens with zero attached hydrogens (tertiary/aromatic N) is 3. The van der Waals surface area contributed by atoms with Crippen molar-refractivity contribution < 1.29 is 4.79 Å². The Labute approximate surface area is 179 Å². The van der Waals surface area contributed by atoms with E-state index in [1.807, 2.05) is 26.4 Å². The molecule has 0 aliphatic carbocycles. The third-order valence-corrected chi connectivity index (χ3v) is 5.59. The number of anilines is 1. The lowest BCUT2D eigenvalue weighted by Gasteiger charge is -2.28. The van der Waals surface area contributed by atoms with Gasteiger partial charge in [0.1, 0.15) is 0 Å². The number of nitrogens with one attached hydrogen (secondary N) is 1. The molecule has 28 heavy (non-hydrogen) atoms. The fourth-order valence-corrected chi connectivity index (χ4v) is 4.13. The Morgan fingerprint density at radius 2 is 1.75 bits per heavy atom.